The molecule has 0 aliphatic carbocycles. The molecule has 0 saturated carbocycles. The molecule has 1 N–H and O–H groups in total. The third-order valence-electron chi connectivity index (χ3n) is 3.81. The molecule has 3 heterocycles. The zero-order chi connectivity index (χ0) is 14.7. The van der Waals surface area contributed by atoms with Crippen LogP contribution in [-0.2, 0) is 11.2 Å². The fourth-order valence-corrected chi connectivity index (χ4v) is 4.21. The van der Waals surface area contributed by atoms with Crippen molar-refractivity contribution in [1.82, 2.24) is 9.88 Å². The van der Waals surface area contributed by atoms with Crippen LogP contribution in [0.4, 0.5) is 0 Å². The molecule has 2 aromatic heterocycles. The molecule has 1 aliphatic heterocycles. The van der Waals surface area contributed by atoms with Crippen LogP contribution < -0.4 is 0 Å². The smallest absolute Gasteiger partial charge is 0.228 e. The highest BCUT2D eigenvalue weighted by molar-refractivity contribution is 7.14. The maximum absolute atomic E-state index is 12.4. The Morgan fingerprint density at radius 3 is 3.10 bits per heavy atom. The summed E-state index contributed by atoms with van der Waals surface area (Å²) in [4.78, 5) is 18.8. The summed E-state index contributed by atoms with van der Waals surface area (Å²) >= 11 is 3.23. The zero-order valence-corrected chi connectivity index (χ0v) is 13.3. The van der Waals surface area contributed by atoms with Gasteiger partial charge in [0, 0.05) is 22.9 Å². The lowest BCUT2D eigenvalue weighted by atomic mass is 10.0. The SMILES string of the molecule is O=C(Cc1csc(-c2ccsc2)n1)N1CCCCC1CO. The number of carbonyl (C=O) groups excluding carboxylic acids is 1. The molecule has 1 atom stereocenters. The molecule has 4 nitrogen and oxygen atoms in total. The Morgan fingerprint density at radius 2 is 2.33 bits per heavy atom. The Morgan fingerprint density at radius 1 is 1.43 bits per heavy atom. The van der Waals surface area contributed by atoms with Gasteiger partial charge >= 0.3 is 0 Å². The molecule has 0 bridgehead atoms. The van der Waals surface area contributed by atoms with E-state index in [-0.39, 0.29) is 18.6 Å². The topological polar surface area (TPSA) is 53.4 Å². The first kappa shape index (κ1) is 14.7. The minimum atomic E-state index is -0.0128. The first-order chi connectivity index (χ1) is 10.3. The van der Waals surface area contributed by atoms with Gasteiger partial charge in [0.15, 0.2) is 0 Å². The normalized spacial score (nSPS) is 18.9. The minimum Gasteiger partial charge on any atom is -0.394 e. The molecule has 2 aromatic rings. The highest BCUT2D eigenvalue weighted by Crippen LogP contribution is 2.26. The van der Waals surface area contributed by atoms with Crippen LogP contribution in [0.25, 0.3) is 10.6 Å². The van der Waals surface area contributed by atoms with E-state index >= 15 is 0 Å². The second-order valence-corrected chi connectivity index (χ2v) is 6.89. The Balaban J connectivity index is 1.67. The van der Waals surface area contributed by atoms with E-state index in [2.05, 4.69) is 10.4 Å². The number of thiophene rings is 1. The molecule has 21 heavy (non-hydrogen) atoms. The van der Waals surface area contributed by atoms with Crippen LogP contribution in [0.5, 0.6) is 0 Å². The number of likely N-dealkylation sites (tertiary alicyclic amines) is 1. The lowest BCUT2D eigenvalue weighted by Crippen LogP contribution is -2.46. The van der Waals surface area contributed by atoms with Gasteiger partial charge in [-0.05, 0) is 30.7 Å². The van der Waals surface area contributed by atoms with Gasteiger partial charge in [0.25, 0.3) is 0 Å². The van der Waals surface area contributed by atoms with Gasteiger partial charge in [-0.15, -0.1) is 11.3 Å². The van der Waals surface area contributed by atoms with Gasteiger partial charge in [0.05, 0.1) is 24.8 Å². The van der Waals surface area contributed by atoms with Crippen LogP contribution in [0.2, 0.25) is 0 Å². The van der Waals surface area contributed by atoms with Crippen molar-refractivity contribution in [3.8, 4) is 10.6 Å². The number of amides is 1. The number of thiazole rings is 1. The van der Waals surface area contributed by atoms with Crippen molar-refractivity contribution in [2.24, 2.45) is 0 Å². The van der Waals surface area contributed by atoms with Crippen molar-refractivity contribution in [3.05, 3.63) is 27.9 Å². The van der Waals surface area contributed by atoms with Crippen LogP contribution in [0.15, 0.2) is 22.2 Å². The van der Waals surface area contributed by atoms with E-state index in [0.717, 1.165) is 42.1 Å². The largest absolute Gasteiger partial charge is 0.394 e. The maximum Gasteiger partial charge on any atom is 0.228 e. The van der Waals surface area contributed by atoms with Gasteiger partial charge in [-0.25, -0.2) is 4.98 Å². The number of aliphatic hydroxyl groups is 1. The zero-order valence-electron chi connectivity index (χ0n) is 11.7. The average molecular weight is 322 g/mol. The monoisotopic (exact) mass is 322 g/mol. The van der Waals surface area contributed by atoms with Gasteiger partial charge in [-0.3, -0.25) is 4.79 Å². The fourth-order valence-electron chi connectivity index (χ4n) is 2.68. The maximum atomic E-state index is 12.4. The quantitative estimate of drug-likeness (QED) is 0.942. The van der Waals surface area contributed by atoms with Crippen LogP contribution >= 0.6 is 22.7 Å². The molecule has 1 unspecified atom stereocenters. The van der Waals surface area contributed by atoms with Crippen molar-refractivity contribution in [2.45, 2.75) is 31.7 Å². The molecular formula is C15H18N2O2S2. The summed E-state index contributed by atoms with van der Waals surface area (Å²) in [5.74, 6) is 0.0796. The van der Waals surface area contributed by atoms with E-state index in [1.165, 1.54) is 0 Å². The Labute approximate surface area is 132 Å². The van der Waals surface area contributed by atoms with Crippen LogP contribution in [-0.4, -0.2) is 40.1 Å². The third kappa shape index (κ3) is 3.33. The highest BCUT2D eigenvalue weighted by Gasteiger charge is 2.26. The summed E-state index contributed by atoms with van der Waals surface area (Å²) in [5, 5.41) is 16.4. The van der Waals surface area contributed by atoms with E-state index in [9.17, 15) is 9.90 Å². The van der Waals surface area contributed by atoms with Gasteiger partial charge in [-0.2, -0.15) is 11.3 Å². The molecule has 1 fully saturated rings. The molecule has 0 aromatic carbocycles. The van der Waals surface area contributed by atoms with Crippen molar-refractivity contribution in [3.63, 3.8) is 0 Å². The number of aliphatic hydroxyl groups excluding tert-OH is 1. The van der Waals surface area contributed by atoms with Crippen molar-refractivity contribution in [2.75, 3.05) is 13.2 Å². The summed E-state index contributed by atoms with van der Waals surface area (Å²) in [6.45, 7) is 0.814. The minimum absolute atomic E-state index is 0.0128. The Kier molecular flexibility index (Phi) is 4.67. The second-order valence-electron chi connectivity index (χ2n) is 5.25. The van der Waals surface area contributed by atoms with Crippen LogP contribution in [0.1, 0.15) is 25.0 Å². The lowest BCUT2D eigenvalue weighted by molar-refractivity contribution is -0.135. The second kappa shape index (κ2) is 6.68. The molecule has 3 rings (SSSR count). The summed E-state index contributed by atoms with van der Waals surface area (Å²) < 4.78 is 0. The summed E-state index contributed by atoms with van der Waals surface area (Å²) in [6.07, 6.45) is 3.35. The number of hydrogen-bond acceptors (Lipinski definition) is 5. The average Bonchev–Trinajstić information content (AvgIpc) is 3.17. The molecule has 6 heteroatoms. The van der Waals surface area contributed by atoms with Gasteiger partial charge in [0.2, 0.25) is 5.91 Å². The standard InChI is InChI=1S/C15H18N2O2S2/c18-8-13-3-1-2-5-17(13)14(19)7-12-10-21-15(16-12)11-4-6-20-9-11/h4,6,9-10,13,18H,1-3,5,7-8H2. The predicted octanol–water partition coefficient (Wildman–Crippen LogP) is 2.79. The Hall–Kier alpha value is -1.24. The van der Waals surface area contributed by atoms with Gasteiger partial charge in [-0.1, -0.05) is 0 Å². The number of rotatable bonds is 4. The first-order valence-corrected chi connectivity index (χ1v) is 8.97. The van der Waals surface area contributed by atoms with E-state index in [0.29, 0.717) is 6.42 Å². The van der Waals surface area contributed by atoms with E-state index in [1.54, 1.807) is 22.7 Å². The summed E-state index contributed by atoms with van der Waals surface area (Å²) in [7, 11) is 0. The highest BCUT2D eigenvalue weighted by atomic mass is 32.1. The van der Waals surface area contributed by atoms with Crippen LogP contribution in [0.3, 0.4) is 0 Å². The number of nitrogens with zero attached hydrogens (tertiary/aromatic N) is 2. The van der Waals surface area contributed by atoms with Crippen molar-refractivity contribution in [1.29, 1.82) is 0 Å². The molecule has 0 spiro atoms. The fraction of sp³-hybridized carbons (Fsp3) is 0.467. The number of carbonyl (C=O) groups is 1. The first-order valence-electron chi connectivity index (χ1n) is 7.15. The van der Waals surface area contributed by atoms with E-state index < -0.39 is 0 Å². The van der Waals surface area contributed by atoms with Crippen molar-refractivity contribution < 1.29 is 9.90 Å². The molecule has 0 radical (unpaired) electrons. The number of hydrogen-bond donors (Lipinski definition) is 1. The van der Waals surface area contributed by atoms with Crippen molar-refractivity contribution >= 4 is 28.6 Å². The summed E-state index contributed by atoms with van der Waals surface area (Å²) in [6, 6.07) is 2.03. The van der Waals surface area contributed by atoms with E-state index in [1.807, 2.05) is 21.7 Å². The Bertz CT molecular complexity index is 595. The number of aromatic nitrogens is 1. The van der Waals surface area contributed by atoms with E-state index in [4.69, 9.17) is 0 Å². The lowest BCUT2D eigenvalue weighted by Gasteiger charge is -2.34. The summed E-state index contributed by atoms with van der Waals surface area (Å²) in [5.41, 5.74) is 1.95. The van der Waals surface area contributed by atoms with Crippen LogP contribution in [0, 0.1) is 0 Å². The predicted molar refractivity (Wildman–Crippen MR) is 85.6 cm³/mol. The molecule has 112 valence electrons. The van der Waals surface area contributed by atoms with Gasteiger partial charge in [0.1, 0.15) is 5.01 Å². The molecule has 1 aliphatic rings. The molecular weight excluding hydrogens is 304 g/mol. The van der Waals surface area contributed by atoms with Gasteiger partial charge < -0.3 is 10.0 Å². The third-order valence-corrected chi connectivity index (χ3v) is 5.43. The number of piperidine rings is 1. The molecule has 1 amide bonds. The molecule has 1 saturated heterocycles.